The lowest BCUT2D eigenvalue weighted by atomic mass is 10.2. The van der Waals surface area contributed by atoms with Crippen LogP contribution in [0, 0.1) is 18.3 Å². The Kier molecular flexibility index (Phi) is 5.33. The van der Waals surface area contributed by atoms with Crippen LogP contribution in [-0.4, -0.2) is 21.5 Å². The lowest BCUT2D eigenvalue weighted by Gasteiger charge is -2.09. The molecule has 0 amide bonds. The molecule has 0 atom stereocenters. The minimum absolute atomic E-state index is 0.0929. The zero-order valence-corrected chi connectivity index (χ0v) is 11.2. The van der Waals surface area contributed by atoms with Gasteiger partial charge in [-0.15, -0.1) is 0 Å². The molecular formula is C11H13N5O2S. The summed E-state index contributed by atoms with van der Waals surface area (Å²) in [4.78, 5) is 2.67. The third-order valence-corrected chi connectivity index (χ3v) is 4.00. The van der Waals surface area contributed by atoms with Gasteiger partial charge in [-0.2, -0.15) is 5.26 Å². The van der Waals surface area contributed by atoms with Gasteiger partial charge in [0, 0.05) is 18.0 Å². The third-order valence-electron chi connectivity index (χ3n) is 2.40. The minimum Gasteiger partial charge on any atom is -0.211 e. The molecule has 1 aromatic carbocycles. The Balaban J connectivity index is 2.83. The lowest BCUT2D eigenvalue weighted by Crippen LogP contribution is -2.26. The first-order valence-electron chi connectivity index (χ1n) is 5.52. The SMILES string of the molecule is Cc1ccc(C#N)cc1S(=O)(=O)NCCCN=[N+]=[N-]. The van der Waals surface area contributed by atoms with Crippen LogP contribution in [0.4, 0.5) is 0 Å². The third kappa shape index (κ3) is 4.26. The van der Waals surface area contributed by atoms with E-state index in [1.54, 1.807) is 19.1 Å². The number of nitrogens with one attached hydrogen (secondary N) is 1. The van der Waals surface area contributed by atoms with Crippen molar-refractivity contribution < 1.29 is 8.42 Å². The average molecular weight is 279 g/mol. The maximum atomic E-state index is 12.0. The van der Waals surface area contributed by atoms with Gasteiger partial charge in [-0.1, -0.05) is 11.2 Å². The van der Waals surface area contributed by atoms with Gasteiger partial charge in [0.05, 0.1) is 16.5 Å². The van der Waals surface area contributed by atoms with Crippen molar-refractivity contribution in [3.05, 3.63) is 39.8 Å². The molecule has 0 aromatic heterocycles. The van der Waals surface area contributed by atoms with Crippen molar-refractivity contribution in [3.63, 3.8) is 0 Å². The van der Waals surface area contributed by atoms with Crippen molar-refractivity contribution >= 4 is 10.0 Å². The Morgan fingerprint density at radius 3 is 2.89 bits per heavy atom. The molecular weight excluding hydrogens is 266 g/mol. The minimum atomic E-state index is -3.65. The highest BCUT2D eigenvalue weighted by molar-refractivity contribution is 7.89. The van der Waals surface area contributed by atoms with Crippen LogP contribution in [0.15, 0.2) is 28.2 Å². The second-order valence-corrected chi connectivity index (χ2v) is 5.53. The van der Waals surface area contributed by atoms with Crippen molar-refractivity contribution in [2.24, 2.45) is 5.11 Å². The molecule has 0 spiro atoms. The number of azide groups is 1. The van der Waals surface area contributed by atoms with Crippen LogP contribution in [0.25, 0.3) is 10.4 Å². The lowest BCUT2D eigenvalue weighted by molar-refractivity contribution is 0.579. The largest absolute Gasteiger partial charge is 0.240 e. The highest BCUT2D eigenvalue weighted by Gasteiger charge is 2.16. The molecule has 100 valence electrons. The van der Waals surface area contributed by atoms with E-state index in [2.05, 4.69) is 14.7 Å². The topological polar surface area (TPSA) is 119 Å². The van der Waals surface area contributed by atoms with E-state index in [9.17, 15) is 8.42 Å². The van der Waals surface area contributed by atoms with E-state index in [0.717, 1.165) is 0 Å². The molecule has 1 N–H and O–H groups in total. The first-order chi connectivity index (χ1) is 9.01. The van der Waals surface area contributed by atoms with E-state index in [1.165, 1.54) is 6.07 Å². The molecule has 1 aromatic rings. The van der Waals surface area contributed by atoms with Crippen molar-refractivity contribution in [1.29, 1.82) is 5.26 Å². The van der Waals surface area contributed by atoms with Crippen LogP contribution >= 0.6 is 0 Å². The van der Waals surface area contributed by atoms with E-state index in [1.807, 2.05) is 6.07 Å². The van der Waals surface area contributed by atoms with E-state index >= 15 is 0 Å². The van der Waals surface area contributed by atoms with Crippen LogP contribution < -0.4 is 4.72 Å². The first kappa shape index (κ1) is 15.0. The van der Waals surface area contributed by atoms with Gasteiger partial charge in [-0.25, -0.2) is 13.1 Å². The Morgan fingerprint density at radius 2 is 2.26 bits per heavy atom. The number of sulfonamides is 1. The quantitative estimate of drug-likeness (QED) is 0.370. The number of aryl methyl sites for hydroxylation is 1. The maximum absolute atomic E-state index is 12.0. The summed E-state index contributed by atoms with van der Waals surface area (Å²) < 4.78 is 26.5. The van der Waals surface area contributed by atoms with Gasteiger partial charge < -0.3 is 0 Å². The van der Waals surface area contributed by atoms with Gasteiger partial charge in [-0.3, -0.25) is 0 Å². The fraction of sp³-hybridized carbons (Fsp3) is 0.364. The molecule has 19 heavy (non-hydrogen) atoms. The molecule has 7 nitrogen and oxygen atoms in total. The number of rotatable bonds is 6. The van der Waals surface area contributed by atoms with Gasteiger partial charge in [-0.05, 0) is 36.6 Å². The molecule has 0 saturated heterocycles. The Hall–Kier alpha value is -2.07. The Labute approximate surface area is 111 Å². The molecule has 0 aliphatic carbocycles. The second-order valence-electron chi connectivity index (χ2n) is 3.80. The van der Waals surface area contributed by atoms with Crippen LogP contribution in [0.2, 0.25) is 0 Å². The van der Waals surface area contributed by atoms with Gasteiger partial charge in [0.25, 0.3) is 0 Å². The summed E-state index contributed by atoms with van der Waals surface area (Å²) in [6.07, 6.45) is 0.417. The van der Waals surface area contributed by atoms with Gasteiger partial charge >= 0.3 is 0 Å². The van der Waals surface area contributed by atoms with Crippen molar-refractivity contribution in [3.8, 4) is 6.07 Å². The summed E-state index contributed by atoms with van der Waals surface area (Å²) in [6, 6.07) is 6.40. The molecule has 0 saturated carbocycles. The zero-order chi connectivity index (χ0) is 14.3. The normalized spacial score (nSPS) is 10.5. The average Bonchev–Trinajstić information content (AvgIpc) is 2.39. The standard InChI is InChI=1S/C11H13N5O2S/c1-9-3-4-10(8-12)7-11(9)19(17,18)15-6-2-5-14-16-13/h3-4,7,15H,2,5-6H2,1H3. The van der Waals surface area contributed by atoms with Crippen molar-refractivity contribution in [2.75, 3.05) is 13.1 Å². The summed E-state index contributed by atoms with van der Waals surface area (Å²) in [5.74, 6) is 0. The fourth-order valence-corrected chi connectivity index (χ4v) is 2.78. The highest BCUT2D eigenvalue weighted by atomic mass is 32.2. The Morgan fingerprint density at radius 1 is 1.53 bits per heavy atom. The molecule has 0 aliphatic heterocycles. The smallest absolute Gasteiger partial charge is 0.211 e. The molecule has 0 aliphatic rings. The molecule has 0 radical (unpaired) electrons. The summed E-state index contributed by atoms with van der Waals surface area (Å²) >= 11 is 0. The summed E-state index contributed by atoms with van der Waals surface area (Å²) in [7, 11) is -3.65. The van der Waals surface area contributed by atoms with Crippen LogP contribution in [0.3, 0.4) is 0 Å². The fourth-order valence-electron chi connectivity index (χ4n) is 1.44. The van der Waals surface area contributed by atoms with E-state index in [-0.39, 0.29) is 18.0 Å². The second kappa shape index (κ2) is 6.75. The Bertz CT molecular complexity index is 642. The number of hydrogen-bond acceptors (Lipinski definition) is 4. The number of nitriles is 1. The number of benzene rings is 1. The molecule has 0 fully saturated rings. The van der Waals surface area contributed by atoms with Gasteiger partial charge in [0.2, 0.25) is 10.0 Å². The molecule has 0 unspecified atom stereocenters. The van der Waals surface area contributed by atoms with E-state index in [4.69, 9.17) is 10.8 Å². The highest BCUT2D eigenvalue weighted by Crippen LogP contribution is 2.16. The molecule has 0 heterocycles. The molecule has 1 rings (SSSR count). The predicted octanol–water partition coefficient (Wildman–Crippen LogP) is 1.85. The number of hydrogen-bond donors (Lipinski definition) is 1. The van der Waals surface area contributed by atoms with Crippen molar-refractivity contribution in [1.82, 2.24) is 4.72 Å². The summed E-state index contributed by atoms with van der Waals surface area (Å²) in [5.41, 5.74) is 8.95. The van der Waals surface area contributed by atoms with E-state index < -0.39 is 10.0 Å². The van der Waals surface area contributed by atoms with Crippen LogP contribution in [-0.2, 0) is 10.0 Å². The van der Waals surface area contributed by atoms with Crippen LogP contribution in [0.1, 0.15) is 17.5 Å². The van der Waals surface area contributed by atoms with Gasteiger partial charge in [0.1, 0.15) is 0 Å². The first-order valence-corrected chi connectivity index (χ1v) is 7.01. The van der Waals surface area contributed by atoms with Crippen LogP contribution in [0.5, 0.6) is 0 Å². The van der Waals surface area contributed by atoms with Gasteiger partial charge in [0.15, 0.2) is 0 Å². The summed E-state index contributed by atoms with van der Waals surface area (Å²) in [6.45, 7) is 2.07. The predicted molar refractivity (Wildman–Crippen MR) is 69.7 cm³/mol. The number of nitrogens with zero attached hydrogens (tertiary/aromatic N) is 4. The maximum Gasteiger partial charge on any atom is 0.240 e. The molecule has 0 bridgehead atoms. The summed E-state index contributed by atoms with van der Waals surface area (Å²) in [5, 5.41) is 12.1. The zero-order valence-electron chi connectivity index (χ0n) is 10.4. The van der Waals surface area contributed by atoms with Crippen molar-refractivity contribution in [2.45, 2.75) is 18.2 Å². The monoisotopic (exact) mass is 279 g/mol. The van der Waals surface area contributed by atoms with E-state index in [0.29, 0.717) is 17.5 Å². The molecule has 8 heteroatoms.